The third-order valence-electron chi connectivity index (χ3n) is 3.64. The van der Waals surface area contributed by atoms with Crippen molar-refractivity contribution in [2.24, 2.45) is 11.8 Å². The number of aliphatic hydroxyl groups excluding tert-OH is 1. The van der Waals surface area contributed by atoms with E-state index >= 15 is 0 Å². The van der Waals surface area contributed by atoms with Gasteiger partial charge in [-0.15, -0.1) is 5.73 Å². The van der Waals surface area contributed by atoms with E-state index in [0.717, 1.165) is 0 Å². The molecule has 1 rings (SSSR count). The minimum Gasteiger partial charge on any atom is -0.464 e. The zero-order valence-electron chi connectivity index (χ0n) is 12.6. The molecule has 0 amide bonds. The predicted molar refractivity (Wildman–Crippen MR) is 77.1 cm³/mol. The standard InChI is InChI=1S/C16H24O4/c1-6-8-14(17)13(12(2)3)11-16(18-4,19-5)15-9-7-10-20-15/h7-10,12-14,17H,1,11H2,2-5H3/t13-,14+/m0/s1. The van der Waals surface area contributed by atoms with E-state index in [2.05, 4.69) is 12.3 Å². The molecule has 0 aromatic carbocycles. The van der Waals surface area contributed by atoms with Gasteiger partial charge in [-0.2, -0.15) is 0 Å². The maximum Gasteiger partial charge on any atom is 0.228 e. The van der Waals surface area contributed by atoms with Crippen LogP contribution in [0.1, 0.15) is 26.0 Å². The van der Waals surface area contributed by atoms with Crippen LogP contribution in [0.4, 0.5) is 0 Å². The van der Waals surface area contributed by atoms with Crippen molar-refractivity contribution in [1.29, 1.82) is 0 Å². The van der Waals surface area contributed by atoms with Crippen molar-refractivity contribution in [3.8, 4) is 0 Å². The molecule has 1 aromatic rings. The molecule has 0 saturated heterocycles. The van der Waals surface area contributed by atoms with E-state index < -0.39 is 11.9 Å². The Hall–Kier alpha value is -1.32. The SMILES string of the molecule is C=C=C[C@@H](O)[C@@H](CC(OC)(OC)c1ccco1)C(C)C. The molecule has 1 aromatic heterocycles. The molecule has 0 bridgehead atoms. The summed E-state index contributed by atoms with van der Waals surface area (Å²) in [5, 5.41) is 10.2. The summed E-state index contributed by atoms with van der Waals surface area (Å²) >= 11 is 0. The summed E-state index contributed by atoms with van der Waals surface area (Å²) in [7, 11) is 3.14. The number of hydrogen-bond donors (Lipinski definition) is 1. The van der Waals surface area contributed by atoms with Crippen molar-refractivity contribution in [1.82, 2.24) is 0 Å². The predicted octanol–water partition coefficient (Wildman–Crippen LogP) is 3.09. The Morgan fingerprint density at radius 1 is 1.45 bits per heavy atom. The topological polar surface area (TPSA) is 51.8 Å². The van der Waals surface area contributed by atoms with Gasteiger partial charge >= 0.3 is 0 Å². The molecular weight excluding hydrogens is 256 g/mol. The van der Waals surface area contributed by atoms with Crippen LogP contribution < -0.4 is 0 Å². The van der Waals surface area contributed by atoms with Crippen molar-refractivity contribution < 1.29 is 19.0 Å². The van der Waals surface area contributed by atoms with Crippen molar-refractivity contribution in [3.63, 3.8) is 0 Å². The first-order valence-corrected chi connectivity index (χ1v) is 6.69. The van der Waals surface area contributed by atoms with E-state index in [4.69, 9.17) is 13.9 Å². The summed E-state index contributed by atoms with van der Waals surface area (Å²) in [6.45, 7) is 7.60. The van der Waals surface area contributed by atoms with E-state index in [1.54, 1.807) is 38.7 Å². The summed E-state index contributed by atoms with van der Waals surface area (Å²) in [5.41, 5.74) is 2.63. The molecule has 0 aliphatic carbocycles. The van der Waals surface area contributed by atoms with E-state index in [0.29, 0.717) is 12.2 Å². The molecule has 0 fully saturated rings. The summed E-state index contributed by atoms with van der Waals surface area (Å²) in [4.78, 5) is 0. The maximum atomic E-state index is 10.2. The van der Waals surface area contributed by atoms with Gasteiger partial charge in [0.1, 0.15) is 0 Å². The molecule has 20 heavy (non-hydrogen) atoms. The Bertz CT molecular complexity index is 425. The first-order chi connectivity index (χ1) is 9.50. The van der Waals surface area contributed by atoms with Crippen molar-refractivity contribution in [2.45, 2.75) is 32.2 Å². The summed E-state index contributed by atoms with van der Waals surface area (Å²) in [5.74, 6) is -0.263. The second-order valence-electron chi connectivity index (χ2n) is 5.11. The lowest BCUT2D eigenvalue weighted by atomic mass is 9.83. The first kappa shape index (κ1) is 16.7. The quantitative estimate of drug-likeness (QED) is 0.587. The van der Waals surface area contributed by atoms with Gasteiger partial charge in [-0.3, -0.25) is 0 Å². The van der Waals surface area contributed by atoms with E-state index in [9.17, 15) is 5.11 Å². The summed E-state index contributed by atoms with van der Waals surface area (Å²) in [6, 6.07) is 3.59. The van der Waals surface area contributed by atoms with Gasteiger partial charge < -0.3 is 19.0 Å². The third kappa shape index (κ3) is 3.62. The fourth-order valence-corrected chi connectivity index (χ4v) is 2.35. The molecular formula is C16H24O4. The molecule has 1 N–H and O–H groups in total. The summed E-state index contributed by atoms with van der Waals surface area (Å²) < 4.78 is 16.6. The van der Waals surface area contributed by atoms with Crippen LogP contribution >= 0.6 is 0 Å². The highest BCUT2D eigenvalue weighted by atomic mass is 16.7. The number of methoxy groups -OCH3 is 2. The van der Waals surface area contributed by atoms with Crippen LogP contribution in [0.3, 0.4) is 0 Å². The zero-order valence-corrected chi connectivity index (χ0v) is 12.6. The summed E-state index contributed by atoms with van der Waals surface area (Å²) in [6.07, 6.45) is 2.94. The Balaban J connectivity index is 3.06. The van der Waals surface area contributed by atoms with Gasteiger partial charge in [-0.1, -0.05) is 20.4 Å². The lowest BCUT2D eigenvalue weighted by Gasteiger charge is -2.35. The number of hydrogen-bond acceptors (Lipinski definition) is 4. The van der Waals surface area contributed by atoms with Crippen LogP contribution in [0.25, 0.3) is 0 Å². The molecule has 2 atom stereocenters. The van der Waals surface area contributed by atoms with E-state index in [-0.39, 0.29) is 11.8 Å². The van der Waals surface area contributed by atoms with Crippen LogP contribution in [0.2, 0.25) is 0 Å². The van der Waals surface area contributed by atoms with Gasteiger partial charge in [0.15, 0.2) is 5.76 Å². The average molecular weight is 280 g/mol. The highest BCUT2D eigenvalue weighted by Crippen LogP contribution is 2.37. The molecule has 0 radical (unpaired) electrons. The highest BCUT2D eigenvalue weighted by molar-refractivity contribution is 5.08. The Morgan fingerprint density at radius 3 is 2.50 bits per heavy atom. The maximum absolute atomic E-state index is 10.2. The third-order valence-corrected chi connectivity index (χ3v) is 3.64. The number of ether oxygens (including phenoxy) is 2. The fraction of sp³-hybridized carbons (Fsp3) is 0.562. The normalized spacial score (nSPS) is 14.9. The van der Waals surface area contributed by atoms with Crippen molar-refractivity contribution in [2.75, 3.05) is 14.2 Å². The van der Waals surface area contributed by atoms with Crippen LogP contribution in [-0.2, 0) is 15.3 Å². The van der Waals surface area contributed by atoms with Gasteiger partial charge in [-0.05, 0) is 30.0 Å². The second kappa shape index (κ2) is 7.46. The van der Waals surface area contributed by atoms with Gasteiger partial charge in [0.2, 0.25) is 5.79 Å². The molecule has 0 unspecified atom stereocenters. The van der Waals surface area contributed by atoms with Gasteiger partial charge in [0, 0.05) is 20.6 Å². The minimum atomic E-state index is -1.01. The number of rotatable bonds is 8. The van der Waals surface area contributed by atoms with Crippen molar-refractivity contribution >= 4 is 0 Å². The van der Waals surface area contributed by atoms with Gasteiger partial charge in [0.05, 0.1) is 12.4 Å². The lowest BCUT2D eigenvalue weighted by Crippen LogP contribution is -2.37. The van der Waals surface area contributed by atoms with Gasteiger partial charge in [0.25, 0.3) is 0 Å². The molecule has 0 saturated carbocycles. The smallest absolute Gasteiger partial charge is 0.228 e. The number of aliphatic hydroxyl groups is 1. The monoisotopic (exact) mass is 280 g/mol. The van der Waals surface area contributed by atoms with Crippen LogP contribution in [0.5, 0.6) is 0 Å². The zero-order chi connectivity index (χ0) is 15.2. The first-order valence-electron chi connectivity index (χ1n) is 6.69. The highest BCUT2D eigenvalue weighted by Gasteiger charge is 2.40. The lowest BCUT2D eigenvalue weighted by molar-refractivity contribution is -0.242. The van der Waals surface area contributed by atoms with Crippen LogP contribution in [0, 0.1) is 11.8 Å². The minimum absolute atomic E-state index is 0.0748. The molecule has 4 nitrogen and oxygen atoms in total. The molecule has 0 aliphatic rings. The van der Waals surface area contributed by atoms with E-state index in [1.165, 1.54) is 0 Å². The second-order valence-corrected chi connectivity index (χ2v) is 5.11. The fourth-order valence-electron chi connectivity index (χ4n) is 2.35. The Morgan fingerprint density at radius 2 is 2.10 bits per heavy atom. The molecule has 4 heteroatoms. The average Bonchev–Trinajstić information content (AvgIpc) is 2.95. The Kier molecular flexibility index (Phi) is 6.24. The largest absolute Gasteiger partial charge is 0.464 e. The molecule has 1 heterocycles. The molecule has 0 aliphatic heterocycles. The van der Waals surface area contributed by atoms with Crippen LogP contribution in [-0.4, -0.2) is 25.4 Å². The Labute approximate surface area is 120 Å². The van der Waals surface area contributed by atoms with Gasteiger partial charge in [-0.25, -0.2) is 0 Å². The van der Waals surface area contributed by atoms with E-state index in [1.807, 2.05) is 13.8 Å². The molecule has 112 valence electrons. The molecule has 0 spiro atoms. The van der Waals surface area contributed by atoms with Crippen molar-refractivity contribution in [3.05, 3.63) is 42.5 Å². The van der Waals surface area contributed by atoms with Crippen LogP contribution in [0.15, 0.2) is 41.2 Å². The number of furan rings is 1.